The van der Waals surface area contributed by atoms with Crippen LogP contribution in [-0.2, 0) is 0 Å². The van der Waals surface area contributed by atoms with Crippen molar-refractivity contribution in [3.8, 4) is 0 Å². The fraction of sp³-hybridized carbons (Fsp3) is 0.429. The normalized spacial score (nSPS) is 16.6. The molecule has 0 heterocycles. The minimum atomic E-state index is -0.761. The zero-order valence-electron chi connectivity index (χ0n) is 11.2. The van der Waals surface area contributed by atoms with Gasteiger partial charge in [0.1, 0.15) is 0 Å². The van der Waals surface area contributed by atoms with Crippen LogP contribution in [-0.4, -0.2) is 29.2 Å². The first-order valence-corrected chi connectivity index (χ1v) is 6.66. The number of rotatable bonds is 4. The highest BCUT2D eigenvalue weighted by atomic mass is 16.3. The van der Waals surface area contributed by atoms with Crippen LogP contribution in [0.25, 0.3) is 0 Å². The second-order valence-electron chi connectivity index (χ2n) is 5.18. The van der Waals surface area contributed by atoms with Crippen molar-refractivity contribution in [3.05, 3.63) is 29.8 Å². The van der Waals surface area contributed by atoms with E-state index in [1.807, 2.05) is 0 Å². The summed E-state index contributed by atoms with van der Waals surface area (Å²) >= 11 is 0. The summed E-state index contributed by atoms with van der Waals surface area (Å²) in [6.07, 6.45) is 3.46. The number of aliphatic hydroxyl groups is 1. The van der Waals surface area contributed by atoms with E-state index in [1.165, 1.54) is 0 Å². The molecular formula is C14H19N3O3. The SMILES string of the molecule is NC(=O)Nc1ccc(C(=O)NCC2(O)CCCC2)cc1. The standard InChI is InChI=1S/C14H19N3O3/c15-13(19)17-11-5-3-10(4-6-11)12(18)16-9-14(20)7-1-2-8-14/h3-6,20H,1-2,7-9H2,(H,16,18)(H3,15,17,19). The molecule has 0 radical (unpaired) electrons. The van der Waals surface area contributed by atoms with Gasteiger partial charge in [-0.3, -0.25) is 4.79 Å². The van der Waals surface area contributed by atoms with Gasteiger partial charge < -0.3 is 21.5 Å². The molecule has 0 spiro atoms. The van der Waals surface area contributed by atoms with Gasteiger partial charge in [0.2, 0.25) is 0 Å². The van der Waals surface area contributed by atoms with Gasteiger partial charge in [0.15, 0.2) is 0 Å². The number of amides is 3. The third-order valence-corrected chi connectivity index (χ3v) is 3.53. The zero-order valence-corrected chi connectivity index (χ0v) is 11.2. The molecule has 1 aliphatic rings. The lowest BCUT2D eigenvalue weighted by molar-refractivity contribution is 0.0449. The second-order valence-corrected chi connectivity index (χ2v) is 5.18. The lowest BCUT2D eigenvalue weighted by atomic mass is 10.0. The van der Waals surface area contributed by atoms with Crippen LogP contribution in [0.4, 0.5) is 10.5 Å². The Kier molecular flexibility index (Phi) is 4.24. The van der Waals surface area contributed by atoms with E-state index in [0.29, 0.717) is 11.3 Å². The van der Waals surface area contributed by atoms with Crippen LogP contribution < -0.4 is 16.4 Å². The van der Waals surface area contributed by atoms with Gasteiger partial charge in [-0.25, -0.2) is 4.79 Å². The van der Waals surface area contributed by atoms with Gasteiger partial charge in [-0.1, -0.05) is 12.8 Å². The van der Waals surface area contributed by atoms with Gasteiger partial charge in [-0.05, 0) is 37.1 Å². The Labute approximate surface area is 117 Å². The molecule has 0 bridgehead atoms. The molecule has 6 nitrogen and oxygen atoms in total. The van der Waals surface area contributed by atoms with Crippen LogP contribution in [0.1, 0.15) is 36.0 Å². The first-order chi connectivity index (χ1) is 9.48. The van der Waals surface area contributed by atoms with Crippen LogP contribution in [0.3, 0.4) is 0 Å². The number of nitrogens with two attached hydrogens (primary N) is 1. The molecule has 5 N–H and O–H groups in total. The maximum Gasteiger partial charge on any atom is 0.316 e. The predicted octanol–water partition coefficient (Wildman–Crippen LogP) is 1.21. The van der Waals surface area contributed by atoms with Crippen molar-refractivity contribution in [2.24, 2.45) is 5.73 Å². The summed E-state index contributed by atoms with van der Waals surface area (Å²) in [4.78, 5) is 22.6. The number of nitrogens with one attached hydrogen (secondary N) is 2. The Balaban J connectivity index is 1.90. The van der Waals surface area contributed by atoms with Crippen molar-refractivity contribution < 1.29 is 14.7 Å². The minimum Gasteiger partial charge on any atom is -0.388 e. The van der Waals surface area contributed by atoms with E-state index < -0.39 is 11.6 Å². The molecule has 0 atom stereocenters. The van der Waals surface area contributed by atoms with Gasteiger partial charge in [0.25, 0.3) is 5.91 Å². The van der Waals surface area contributed by atoms with Gasteiger partial charge in [-0.15, -0.1) is 0 Å². The number of primary amides is 1. The minimum absolute atomic E-state index is 0.240. The molecule has 1 saturated carbocycles. The molecule has 1 aromatic carbocycles. The van der Waals surface area contributed by atoms with Crippen LogP contribution in [0, 0.1) is 0 Å². The maximum atomic E-state index is 11.9. The summed E-state index contributed by atoms with van der Waals surface area (Å²) in [6.45, 7) is 0.271. The van der Waals surface area contributed by atoms with Gasteiger partial charge >= 0.3 is 6.03 Å². The van der Waals surface area contributed by atoms with Crippen LogP contribution in [0.2, 0.25) is 0 Å². The maximum absolute atomic E-state index is 11.9. The topological polar surface area (TPSA) is 104 Å². The number of anilines is 1. The van der Waals surface area contributed by atoms with Crippen molar-refractivity contribution in [3.63, 3.8) is 0 Å². The molecule has 20 heavy (non-hydrogen) atoms. The van der Waals surface area contributed by atoms with Crippen molar-refractivity contribution in [1.29, 1.82) is 0 Å². The van der Waals surface area contributed by atoms with E-state index in [-0.39, 0.29) is 12.5 Å². The number of urea groups is 1. The largest absolute Gasteiger partial charge is 0.388 e. The van der Waals surface area contributed by atoms with Gasteiger partial charge in [0.05, 0.1) is 5.60 Å². The lowest BCUT2D eigenvalue weighted by Crippen LogP contribution is -2.40. The van der Waals surface area contributed by atoms with Crippen LogP contribution in [0.15, 0.2) is 24.3 Å². The van der Waals surface area contributed by atoms with Crippen molar-refractivity contribution in [2.45, 2.75) is 31.3 Å². The molecule has 108 valence electrons. The van der Waals surface area contributed by atoms with E-state index in [4.69, 9.17) is 5.73 Å². The average Bonchev–Trinajstić information content (AvgIpc) is 2.84. The Hall–Kier alpha value is -2.08. The summed E-state index contributed by atoms with van der Waals surface area (Å²) in [6, 6.07) is 5.75. The fourth-order valence-corrected chi connectivity index (χ4v) is 2.40. The van der Waals surface area contributed by atoms with E-state index >= 15 is 0 Å². The predicted molar refractivity (Wildman–Crippen MR) is 75.4 cm³/mol. The van der Waals surface area contributed by atoms with Gasteiger partial charge in [0, 0.05) is 17.8 Å². The third kappa shape index (κ3) is 3.71. The Morgan fingerprint density at radius 3 is 2.35 bits per heavy atom. The summed E-state index contributed by atoms with van der Waals surface area (Å²) in [5, 5.41) is 15.3. The fourth-order valence-electron chi connectivity index (χ4n) is 2.40. The molecular weight excluding hydrogens is 258 g/mol. The highest BCUT2D eigenvalue weighted by Gasteiger charge is 2.31. The van der Waals surface area contributed by atoms with E-state index in [1.54, 1.807) is 24.3 Å². The molecule has 1 aliphatic carbocycles. The summed E-state index contributed by atoms with van der Waals surface area (Å²) < 4.78 is 0. The number of carbonyl (C=O) groups is 2. The Bertz CT molecular complexity index is 493. The molecule has 0 unspecified atom stereocenters. The third-order valence-electron chi connectivity index (χ3n) is 3.53. The number of carbonyl (C=O) groups excluding carboxylic acids is 2. The number of hydrogen-bond acceptors (Lipinski definition) is 3. The highest BCUT2D eigenvalue weighted by Crippen LogP contribution is 2.28. The number of hydrogen-bond donors (Lipinski definition) is 4. The van der Waals surface area contributed by atoms with Gasteiger partial charge in [-0.2, -0.15) is 0 Å². The first-order valence-electron chi connectivity index (χ1n) is 6.66. The molecule has 0 saturated heterocycles. The molecule has 1 fully saturated rings. The quantitative estimate of drug-likeness (QED) is 0.665. The van der Waals surface area contributed by atoms with Crippen LogP contribution in [0.5, 0.6) is 0 Å². The molecule has 3 amide bonds. The number of benzene rings is 1. The Morgan fingerprint density at radius 1 is 1.20 bits per heavy atom. The molecule has 1 aromatic rings. The Morgan fingerprint density at radius 2 is 1.80 bits per heavy atom. The summed E-state index contributed by atoms with van der Waals surface area (Å²) in [7, 11) is 0. The monoisotopic (exact) mass is 277 g/mol. The highest BCUT2D eigenvalue weighted by molar-refractivity contribution is 5.95. The smallest absolute Gasteiger partial charge is 0.316 e. The second kappa shape index (κ2) is 5.92. The first kappa shape index (κ1) is 14.3. The van der Waals surface area contributed by atoms with Crippen molar-refractivity contribution in [1.82, 2.24) is 5.32 Å². The van der Waals surface area contributed by atoms with E-state index in [2.05, 4.69) is 10.6 Å². The van der Waals surface area contributed by atoms with Crippen molar-refractivity contribution in [2.75, 3.05) is 11.9 Å². The molecule has 2 rings (SSSR count). The summed E-state index contributed by atoms with van der Waals surface area (Å²) in [5.41, 5.74) is 5.24. The summed E-state index contributed by atoms with van der Waals surface area (Å²) in [5.74, 6) is -0.240. The average molecular weight is 277 g/mol. The van der Waals surface area contributed by atoms with Crippen molar-refractivity contribution >= 4 is 17.6 Å². The molecule has 6 heteroatoms. The van der Waals surface area contributed by atoms with E-state index in [9.17, 15) is 14.7 Å². The molecule has 0 aromatic heterocycles. The zero-order chi connectivity index (χ0) is 14.6. The van der Waals surface area contributed by atoms with Crippen LogP contribution >= 0.6 is 0 Å². The lowest BCUT2D eigenvalue weighted by Gasteiger charge is -2.22. The molecule has 0 aliphatic heterocycles. The van der Waals surface area contributed by atoms with E-state index in [0.717, 1.165) is 25.7 Å².